The molecule has 0 aliphatic carbocycles. The molecular formula is C22H22F3NO3. The van der Waals surface area contributed by atoms with Gasteiger partial charge in [0, 0.05) is 25.3 Å². The molecule has 1 fully saturated rings. The molecule has 0 spiro atoms. The average Bonchev–Trinajstić information content (AvgIpc) is 2.69. The second-order valence-electron chi connectivity index (χ2n) is 7.18. The van der Waals surface area contributed by atoms with Crippen molar-refractivity contribution in [2.24, 2.45) is 0 Å². The third-order valence-corrected chi connectivity index (χ3v) is 5.15. The zero-order chi connectivity index (χ0) is 21.2. The van der Waals surface area contributed by atoms with E-state index in [9.17, 15) is 22.8 Å². The summed E-state index contributed by atoms with van der Waals surface area (Å²) in [4.78, 5) is 25.5. The number of piperidine rings is 1. The molecule has 1 unspecified atom stereocenters. The fourth-order valence-electron chi connectivity index (χ4n) is 3.53. The smallest absolute Gasteiger partial charge is 0.416 e. The predicted octanol–water partition coefficient (Wildman–Crippen LogP) is 5.02. The zero-order valence-electron chi connectivity index (χ0n) is 16.3. The summed E-state index contributed by atoms with van der Waals surface area (Å²) in [5.41, 5.74) is 1.46. The fourth-order valence-corrected chi connectivity index (χ4v) is 3.53. The lowest BCUT2D eigenvalue weighted by atomic mass is 9.93. The molecule has 29 heavy (non-hydrogen) atoms. The van der Waals surface area contributed by atoms with Crippen LogP contribution in [0.1, 0.15) is 43.2 Å². The molecule has 4 nitrogen and oxygen atoms in total. The number of nitrogens with zero attached hydrogens (tertiary/aromatic N) is 1. The molecule has 0 bridgehead atoms. The van der Waals surface area contributed by atoms with Crippen molar-refractivity contribution < 1.29 is 27.5 Å². The summed E-state index contributed by atoms with van der Waals surface area (Å²) in [7, 11) is 1.53. The number of methoxy groups -OCH3 is 1. The van der Waals surface area contributed by atoms with Crippen molar-refractivity contribution in [1.82, 2.24) is 4.90 Å². The van der Waals surface area contributed by atoms with Crippen molar-refractivity contribution in [1.29, 1.82) is 0 Å². The van der Waals surface area contributed by atoms with Crippen LogP contribution in [0.25, 0.3) is 11.1 Å². The molecule has 0 radical (unpaired) electrons. The summed E-state index contributed by atoms with van der Waals surface area (Å²) in [5.74, 6) is 0.0624. The number of alkyl halides is 3. The molecule has 1 atom stereocenters. The molecular weight excluding hydrogens is 383 g/mol. The van der Waals surface area contributed by atoms with Crippen LogP contribution in [-0.4, -0.2) is 30.4 Å². The second kappa shape index (κ2) is 8.27. The van der Waals surface area contributed by atoms with Gasteiger partial charge in [-0.15, -0.1) is 0 Å². The molecule has 154 valence electrons. The summed E-state index contributed by atoms with van der Waals surface area (Å²) < 4.78 is 43.8. The van der Waals surface area contributed by atoms with E-state index < -0.39 is 11.7 Å². The van der Waals surface area contributed by atoms with Gasteiger partial charge in [-0.1, -0.05) is 25.1 Å². The molecule has 0 aromatic heterocycles. The van der Waals surface area contributed by atoms with Crippen molar-refractivity contribution in [2.75, 3.05) is 13.7 Å². The number of rotatable bonds is 5. The van der Waals surface area contributed by atoms with E-state index in [2.05, 4.69) is 0 Å². The topological polar surface area (TPSA) is 46.6 Å². The van der Waals surface area contributed by atoms with Crippen LogP contribution in [-0.2, 0) is 15.8 Å². The molecule has 0 N–H and O–H groups in total. The van der Waals surface area contributed by atoms with Crippen LogP contribution in [0.3, 0.4) is 0 Å². The highest BCUT2D eigenvalue weighted by Crippen LogP contribution is 2.35. The fraction of sp³-hybridized carbons (Fsp3) is 0.364. The van der Waals surface area contributed by atoms with Gasteiger partial charge in [0.2, 0.25) is 11.8 Å². The monoisotopic (exact) mass is 405 g/mol. The molecule has 3 rings (SSSR count). The minimum atomic E-state index is -4.38. The molecule has 1 saturated heterocycles. The Bertz CT molecular complexity index is 891. The minimum absolute atomic E-state index is 0.175. The van der Waals surface area contributed by atoms with Crippen molar-refractivity contribution in [3.63, 3.8) is 0 Å². The Morgan fingerprint density at radius 3 is 2.14 bits per heavy atom. The van der Waals surface area contributed by atoms with Crippen molar-refractivity contribution >= 4 is 11.8 Å². The van der Waals surface area contributed by atoms with Crippen LogP contribution in [0.4, 0.5) is 13.2 Å². The number of hydrogen-bond donors (Lipinski definition) is 0. The Kier molecular flexibility index (Phi) is 5.96. The van der Waals surface area contributed by atoms with E-state index in [0.717, 1.165) is 23.3 Å². The normalized spacial score (nSPS) is 16.1. The molecule has 2 amide bonds. The Labute approximate surface area is 167 Å². The lowest BCUT2D eigenvalue weighted by Crippen LogP contribution is -2.42. The summed E-state index contributed by atoms with van der Waals surface area (Å²) in [6, 6.07) is 10.3. The Morgan fingerprint density at radius 2 is 1.59 bits per heavy atom. The largest absolute Gasteiger partial charge is 0.496 e. The maximum absolute atomic E-state index is 12.8. The average molecular weight is 405 g/mol. The Morgan fingerprint density at radius 1 is 1.00 bits per heavy atom. The number of carbonyl (C=O) groups is 2. The summed E-state index contributed by atoms with van der Waals surface area (Å²) >= 11 is 0. The van der Waals surface area contributed by atoms with Crippen LogP contribution >= 0.6 is 0 Å². The summed E-state index contributed by atoms with van der Waals surface area (Å²) in [6.07, 6.45) is -3.08. The first kappa shape index (κ1) is 20.9. The lowest BCUT2D eigenvalue weighted by Gasteiger charge is -2.28. The SMILES string of the molecule is COc1ccc(-c2ccc(C(F)(F)F)cc2)cc1C(C)CN1C(=O)CCCC1=O. The van der Waals surface area contributed by atoms with E-state index in [-0.39, 0.29) is 24.3 Å². The standard InChI is InChI=1S/C22H22F3NO3/c1-14(13-26-20(27)4-3-5-21(26)28)18-12-16(8-11-19(18)29-2)15-6-9-17(10-7-15)22(23,24)25/h6-12,14H,3-5,13H2,1-2H3. The number of benzene rings is 2. The number of imide groups is 1. The van der Waals surface area contributed by atoms with Crippen LogP contribution in [0.5, 0.6) is 5.75 Å². The van der Waals surface area contributed by atoms with E-state index in [1.54, 1.807) is 12.1 Å². The van der Waals surface area contributed by atoms with Gasteiger partial charge in [0.15, 0.2) is 0 Å². The van der Waals surface area contributed by atoms with Gasteiger partial charge in [-0.05, 0) is 47.4 Å². The maximum atomic E-state index is 12.8. The van der Waals surface area contributed by atoms with Crippen LogP contribution in [0.15, 0.2) is 42.5 Å². The van der Waals surface area contributed by atoms with E-state index in [0.29, 0.717) is 30.6 Å². The quantitative estimate of drug-likeness (QED) is 0.656. The van der Waals surface area contributed by atoms with Crippen LogP contribution in [0, 0.1) is 0 Å². The Hall–Kier alpha value is -2.83. The summed E-state index contributed by atoms with van der Waals surface area (Å²) in [6.45, 7) is 2.13. The number of amides is 2. The van der Waals surface area contributed by atoms with E-state index >= 15 is 0 Å². The Balaban J connectivity index is 1.88. The van der Waals surface area contributed by atoms with Gasteiger partial charge in [0.1, 0.15) is 5.75 Å². The molecule has 2 aromatic rings. The first-order chi connectivity index (χ1) is 13.7. The number of carbonyl (C=O) groups excluding carboxylic acids is 2. The van der Waals surface area contributed by atoms with Gasteiger partial charge < -0.3 is 4.74 Å². The molecule has 0 saturated carbocycles. The number of halogens is 3. The van der Waals surface area contributed by atoms with Gasteiger partial charge in [0.05, 0.1) is 12.7 Å². The van der Waals surface area contributed by atoms with E-state index in [1.165, 1.54) is 24.1 Å². The third kappa shape index (κ3) is 4.60. The molecule has 1 aliphatic heterocycles. The first-order valence-corrected chi connectivity index (χ1v) is 9.39. The number of likely N-dealkylation sites (tertiary alicyclic amines) is 1. The highest BCUT2D eigenvalue weighted by atomic mass is 19.4. The lowest BCUT2D eigenvalue weighted by molar-refractivity contribution is -0.148. The predicted molar refractivity (Wildman–Crippen MR) is 102 cm³/mol. The molecule has 1 aliphatic rings. The van der Waals surface area contributed by atoms with Gasteiger partial charge in [-0.3, -0.25) is 14.5 Å². The van der Waals surface area contributed by atoms with Crippen molar-refractivity contribution in [2.45, 2.75) is 38.3 Å². The highest BCUT2D eigenvalue weighted by molar-refractivity contribution is 5.97. The molecule has 7 heteroatoms. The van der Waals surface area contributed by atoms with Gasteiger partial charge in [-0.2, -0.15) is 13.2 Å². The maximum Gasteiger partial charge on any atom is 0.416 e. The van der Waals surface area contributed by atoms with Gasteiger partial charge >= 0.3 is 6.18 Å². The minimum Gasteiger partial charge on any atom is -0.496 e. The molecule has 1 heterocycles. The third-order valence-electron chi connectivity index (χ3n) is 5.15. The second-order valence-corrected chi connectivity index (χ2v) is 7.18. The molecule has 2 aromatic carbocycles. The van der Waals surface area contributed by atoms with E-state index in [1.807, 2.05) is 13.0 Å². The van der Waals surface area contributed by atoms with Crippen molar-refractivity contribution in [3.05, 3.63) is 53.6 Å². The number of hydrogen-bond acceptors (Lipinski definition) is 3. The first-order valence-electron chi connectivity index (χ1n) is 9.39. The number of ether oxygens (including phenoxy) is 1. The van der Waals surface area contributed by atoms with Gasteiger partial charge in [-0.25, -0.2) is 0 Å². The van der Waals surface area contributed by atoms with Crippen LogP contribution in [0.2, 0.25) is 0 Å². The van der Waals surface area contributed by atoms with Crippen LogP contribution < -0.4 is 4.74 Å². The van der Waals surface area contributed by atoms with Crippen molar-refractivity contribution in [3.8, 4) is 16.9 Å². The van der Waals surface area contributed by atoms with Gasteiger partial charge in [0.25, 0.3) is 0 Å². The van der Waals surface area contributed by atoms with E-state index in [4.69, 9.17) is 4.74 Å². The zero-order valence-corrected chi connectivity index (χ0v) is 16.3. The highest BCUT2D eigenvalue weighted by Gasteiger charge is 2.30. The summed E-state index contributed by atoms with van der Waals surface area (Å²) in [5, 5.41) is 0.